The number of nitrogens with one attached hydrogen (secondary N) is 2. The Morgan fingerprint density at radius 1 is 1.00 bits per heavy atom. The Morgan fingerprint density at radius 2 is 1.65 bits per heavy atom. The van der Waals surface area contributed by atoms with E-state index in [1.165, 1.54) is 54.6 Å². The predicted molar refractivity (Wildman–Crippen MR) is 122 cm³/mol. The van der Waals surface area contributed by atoms with Crippen molar-refractivity contribution in [2.75, 3.05) is 16.6 Å². The van der Waals surface area contributed by atoms with E-state index in [4.69, 9.17) is 27.9 Å². The van der Waals surface area contributed by atoms with E-state index in [0.29, 0.717) is 4.47 Å². The molecule has 0 aliphatic rings. The molecule has 2 N–H and O–H groups in total. The van der Waals surface area contributed by atoms with Gasteiger partial charge in [-0.05, 0) is 60.7 Å². The second-order valence-corrected chi connectivity index (χ2v) is 9.67. The van der Waals surface area contributed by atoms with E-state index < -0.39 is 21.7 Å². The lowest BCUT2D eigenvalue weighted by atomic mass is 10.3. The van der Waals surface area contributed by atoms with Crippen LogP contribution < -0.4 is 14.8 Å². The van der Waals surface area contributed by atoms with E-state index in [0.717, 1.165) is 0 Å². The maximum atomic E-state index is 13.8. The molecule has 0 saturated carbocycles. The van der Waals surface area contributed by atoms with Gasteiger partial charge >= 0.3 is 0 Å². The smallest absolute Gasteiger partial charge is 0.262 e. The monoisotopic (exact) mass is 546 g/mol. The first-order valence-electron chi connectivity index (χ1n) is 8.59. The molecule has 1 amide bonds. The lowest BCUT2D eigenvalue weighted by molar-refractivity contribution is -0.118. The minimum absolute atomic E-state index is 0.0189. The maximum Gasteiger partial charge on any atom is 0.262 e. The predicted octanol–water partition coefficient (Wildman–Crippen LogP) is 5.71. The molecule has 6 nitrogen and oxygen atoms in total. The summed E-state index contributed by atoms with van der Waals surface area (Å²) in [6.07, 6.45) is 0. The van der Waals surface area contributed by atoms with Crippen molar-refractivity contribution < 1.29 is 22.3 Å². The summed E-state index contributed by atoms with van der Waals surface area (Å²) in [6.45, 7) is -0.388. The average Bonchev–Trinajstić information content (AvgIpc) is 2.68. The zero-order chi connectivity index (χ0) is 22.6. The van der Waals surface area contributed by atoms with Gasteiger partial charge in [0.05, 0.1) is 16.3 Å². The number of halogens is 4. The Hall–Kier alpha value is -2.33. The van der Waals surface area contributed by atoms with Gasteiger partial charge in [-0.2, -0.15) is 0 Å². The van der Waals surface area contributed by atoms with Gasteiger partial charge in [-0.25, -0.2) is 12.8 Å². The molecule has 0 saturated heterocycles. The third kappa shape index (κ3) is 6.57. The first-order valence-corrected chi connectivity index (χ1v) is 11.6. The van der Waals surface area contributed by atoms with E-state index in [1.54, 1.807) is 6.07 Å². The number of hydrogen-bond acceptors (Lipinski definition) is 4. The van der Waals surface area contributed by atoms with Crippen molar-refractivity contribution in [1.82, 2.24) is 0 Å². The van der Waals surface area contributed by atoms with Crippen LogP contribution in [0.3, 0.4) is 0 Å². The number of benzene rings is 3. The van der Waals surface area contributed by atoms with Crippen molar-refractivity contribution in [3.05, 3.63) is 81.0 Å². The highest BCUT2D eigenvalue weighted by Crippen LogP contribution is 2.25. The Labute approximate surface area is 196 Å². The molecule has 0 aromatic heterocycles. The second-order valence-electron chi connectivity index (χ2n) is 6.20. The number of carbonyl (C=O) groups excluding carboxylic acids is 1. The van der Waals surface area contributed by atoms with Crippen LogP contribution in [-0.2, 0) is 14.8 Å². The van der Waals surface area contributed by atoms with Crippen LogP contribution in [-0.4, -0.2) is 20.9 Å². The molecule has 0 bridgehead atoms. The van der Waals surface area contributed by atoms with Crippen molar-refractivity contribution in [3.8, 4) is 5.75 Å². The molecule has 3 rings (SSSR count). The maximum absolute atomic E-state index is 13.8. The summed E-state index contributed by atoms with van der Waals surface area (Å²) in [6, 6.07) is 14.0. The van der Waals surface area contributed by atoms with Gasteiger partial charge in [0, 0.05) is 14.5 Å². The second kappa shape index (κ2) is 9.86. The van der Waals surface area contributed by atoms with Gasteiger partial charge in [0.25, 0.3) is 15.9 Å². The number of rotatable bonds is 7. The van der Waals surface area contributed by atoms with Gasteiger partial charge < -0.3 is 10.1 Å². The van der Waals surface area contributed by atoms with Crippen molar-refractivity contribution >= 4 is 66.4 Å². The highest BCUT2D eigenvalue weighted by atomic mass is 79.9. The molecule has 162 valence electrons. The first-order chi connectivity index (χ1) is 14.6. The molecule has 11 heteroatoms. The third-order valence-electron chi connectivity index (χ3n) is 3.82. The Kier molecular flexibility index (Phi) is 7.42. The molecule has 0 unspecified atom stereocenters. The van der Waals surface area contributed by atoms with Crippen LogP contribution in [0, 0.1) is 5.82 Å². The molecule has 0 atom stereocenters. The summed E-state index contributed by atoms with van der Waals surface area (Å²) >= 11 is 14.9. The van der Waals surface area contributed by atoms with Crippen LogP contribution in [0.2, 0.25) is 10.0 Å². The summed E-state index contributed by atoms with van der Waals surface area (Å²) in [5, 5.41) is 2.97. The highest BCUT2D eigenvalue weighted by molar-refractivity contribution is 9.10. The van der Waals surface area contributed by atoms with Crippen molar-refractivity contribution in [2.24, 2.45) is 0 Å². The van der Waals surface area contributed by atoms with Gasteiger partial charge in [-0.1, -0.05) is 39.1 Å². The molecule has 31 heavy (non-hydrogen) atoms. The lowest BCUT2D eigenvalue weighted by Gasteiger charge is -2.11. The summed E-state index contributed by atoms with van der Waals surface area (Å²) in [5.74, 6) is -0.903. The summed E-state index contributed by atoms with van der Waals surface area (Å²) in [5.41, 5.74) is 0.236. The van der Waals surface area contributed by atoms with Gasteiger partial charge in [0.1, 0.15) is 11.6 Å². The van der Waals surface area contributed by atoms with Gasteiger partial charge in [0.15, 0.2) is 6.61 Å². The van der Waals surface area contributed by atoms with Crippen molar-refractivity contribution in [1.29, 1.82) is 0 Å². The topological polar surface area (TPSA) is 84.5 Å². The standard InChI is InChI=1S/C20H14BrCl2FN2O4S/c21-12-1-6-19(18(24)7-12)25-20(27)11-30-16-2-4-17(5-3-16)31(28,29)26-15-9-13(22)8-14(23)10-15/h1-10,26H,11H2,(H,25,27). The number of hydrogen-bond donors (Lipinski definition) is 2. The van der Waals surface area contributed by atoms with Crippen LogP contribution in [0.25, 0.3) is 0 Å². The lowest BCUT2D eigenvalue weighted by Crippen LogP contribution is -2.20. The fourth-order valence-electron chi connectivity index (χ4n) is 2.47. The number of amides is 1. The molecule has 0 radical (unpaired) electrons. The summed E-state index contributed by atoms with van der Waals surface area (Å²) < 4.78 is 47.1. The minimum Gasteiger partial charge on any atom is -0.484 e. The summed E-state index contributed by atoms with van der Waals surface area (Å²) in [4.78, 5) is 11.9. The molecule has 0 aliphatic carbocycles. The van der Waals surface area contributed by atoms with Crippen LogP contribution in [0.1, 0.15) is 0 Å². The van der Waals surface area contributed by atoms with E-state index in [9.17, 15) is 17.6 Å². The fourth-order valence-corrected chi connectivity index (χ4v) is 4.37. The van der Waals surface area contributed by atoms with Crippen LogP contribution in [0.15, 0.2) is 70.0 Å². The molecule has 0 spiro atoms. The molecule has 3 aromatic rings. The summed E-state index contributed by atoms with van der Waals surface area (Å²) in [7, 11) is -3.89. The Morgan fingerprint density at radius 3 is 2.26 bits per heavy atom. The third-order valence-corrected chi connectivity index (χ3v) is 6.15. The molecular formula is C20H14BrCl2FN2O4S. The molecule has 0 fully saturated rings. The van der Waals surface area contributed by atoms with Crippen LogP contribution in [0.5, 0.6) is 5.75 Å². The quantitative estimate of drug-likeness (QED) is 0.396. The molecule has 0 aliphatic heterocycles. The van der Waals surface area contributed by atoms with Crippen LogP contribution in [0.4, 0.5) is 15.8 Å². The number of sulfonamides is 1. The Balaban J connectivity index is 1.61. The van der Waals surface area contributed by atoms with Crippen LogP contribution >= 0.6 is 39.1 Å². The zero-order valence-corrected chi connectivity index (χ0v) is 19.4. The van der Waals surface area contributed by atoms with Gasteiger partial charge in [-0.3, -0.25) is 9.52 Å². The minimum atomic E-state index is -3.89. The van der Waals surface area contributed by atoms with Gasteiger partial charge in [0.2, 0.25) is 0 Å². The van der Waals surface area contributed by atoms with E-state index >= 15 is 0 Å². The molecule has 3 aromatic carbocycles. The zero-order valence-electron chi connectivity index (χ0n) is 15.5. The number of ether oxygens (including phenoxy) is 1. The number of anilines is 2. The molecule has 0 heterocycles. The molecular weight excluding hydrogens is 534 g/mol. The van der Waals surface area contributed by atoms with Crippen molar-refractivity contribution in [3.63, 3.8) is 0 Å². The first kappa shape index (κ1) is 23.3. The number of carbonyl (C=O) groups is 1. The fraction of sp³-hybridized carbons (Fsp3) is 0.0500. The SMILES string of the molecule is O=C(COc1ccc(S(=O)(=O)Nc2cc(Cl)cc(Cl)c2)cc1)Nc1ccc(Br)cc1F. The van der Waals surface area contributed by atoms with Gasteiger partial charge in [-0.15, -0.1) is 0 Å². The highest BCUT2D eigenvalue weighted by Gasteiger charge is 2.15. The van der Waals surface area contributed by atoms with E-state index in [2.05, 4.69) is 26.0 Å². The van der Waals surface area contributed by atoms with Crippen molar-refractivity contribution in [2.45, 2.75) is 4.90 Å². The van der Waals surface area contributed by atoms with E-state index in [-0.39, 0.29) is 38.7 Å². The average molecular weight is 548 g/mol. The van der Waals surface area contributed by atoms with E-state index in [1.807, 2.05) is 0 Å². The largest absolute Gasteiger partial charge is 0.484 e. The normalized spacial score (nSPS) is 11.1. The Bertz CT molecular complexity index is 1200.